The van der Waals surface area contributed by atoms with Gasteiger partial charge in [-0.25, -0.2) is 4.79 Å². The Morgan fingerprint density at radius 2 is 1.84 bits per heavy atom. The summed E-state index contributed by atoms with van der Waals surface area (Å²) >= 11 is 0. The van der Waals surface area contributed by atoms with Gasteiger partial charge in [0, 0.05) is 43.6 Å². The zero-order chi connectivity index (χ0) is 17.6. The standard InChI is InChI=1S/C20H25N3O2/c1-22(17-8-4-3-5-9-17)18-11-13-23(14-12-18)20(24)21-16-7-6-10-19(15-16)25-2/h3-10,15,18H,11-14H2,1-2H3,(H,21,24). The summed E-state index contributed by atoms with van der Waals surface area (Å²) in [6.45, 7) is 1.52. The Hall–Kier alpha value is -2.69. The highest BCUT2D eigenvalue weighted by atomic mass is 16.5. The predicted octanol–water partition coefficient (Wildman–Crippen LogP) is 3.83. The van der Waals surface area contributed by atoms with Crippen molar-refractivity contribution in [3.8, 4) is 5.75 Å². The largest absolute Gasteiger partial charge is 0.497 e. The lowest BCUT2D eigenvalue weighted by atomic mass is 10.0. The van der Waals surface area contributed by atoms with Crippen LogP contribution in [-0.4, -0.2) is 44.2 Å². The molecule has 2 amide bonds. The van der Waals surface area contributed by atoms with Crippen molar-refractivity contribution in [1.29, 1.82) is 0 Å². The maximum atomic E-state index is 12.5. The number of carbonyl (C=O) groups is 1. The molecule has 1 N–H and O–H groups in total. The van der Waals surface area contributed by atoms with Gasteiger partial charge in [0.25, 0.3) is 0 Å². The molecule has 0 radical (unpaired) electrons. The van der Waals surface area contributed by atoms with E-state index < -0.39 is 0 Å². The first-order valence-corrected chi connectivity index (χ1v) is 8.65. The molecule has 3 rings (SSSR count). The van der Waals surface area contributed by atoms with Crippen LogP contribution in [0.25, 0.3) is 0 Å². The highest BCUT2D eigenvalue weighted by Gasteiger charge is 2.25. The third-order valence-corrected chi connectivity index (χ3v) is 4.78. The fourth-order valence-corrected chi connectivity index (χ4v) is 3.23. The fourth-order valence-electron chi connectivity index (χ4n) is 3.23. The predicted molar refractivity (Wildman–Crippen MR) is 101 cm³/mol. The Morgan fingerprint density at radius 1 is 1.12 bits per heavy atom. The number of para-hydroxylation sites is 1. The number of methoxy groups -OCH3 is 1. The minimum atomic E-state index is -0.0472. The van der Waals surface area contributed by atoms with Gasteiger partial charge in [-0.15, -0.1) is 0 Å². The Labute approximate surface area is 149 Å². The van der Waals surface area contributed by atoms with Gasteiger partial charge < -0.3 is 19.9 Å². The van der Waals surface area contributed by atoms with Crippen molar-refractivity contribution in [2.24, 2.45) is 0 Å². The zero-order valence-electron chi connectivity index (χ0n) is 14.8. The van der Waals surface area contributed by atoms with Crippen LogP contribution >= 0.6 is 0 Å². The number of urea groups is 1. The van der Waals surface area contributed by atoms with Gasteiger partial charge in [-0.3, -0.25) is 0 Å². The summed E-state index contributed by atoms with van der Waals surface area (Å²) in [7, 11) is 3.75. The Bertz CT molecular complexity index is 697. The van der Waals surface area contributed by atoms with Crippen molar-refractivity contribution in [2.75, 3.05) is 37.5 Å². The van der Waals surface area contributed by atoms with E-state index >= 15 is 0 Å². The summed E-state index contributed by atoms with van der Waals surface area (Å²) in [5.74, 6) is 0.737. The average Bonchev–Trinajstić information content (AvgIpc) is 2.68. The van der Waals surface area contributed by atoms with E-state index in [0.29, 0.717) is 6.04 Å². The second-order valence-electron chi connectivity index (χ2n) is 6.33. The topological polar surface area (TPSA) is 44.8 Å². The normalized spacial score (nSPS) is 14.9. The lowest BCUT2D eigenvalue weighted by Crippen LogP contribution is -2.47. The van der Waals surface area contributed by atoms with E-state index in [1.165, 1.54) is 5.69 Å². The fraction of sp³-hybridized carbons (Fsp3) is 0.350. The van der Waals surface area contributed by atoms with Gasteiger partial charge in [0.1, 0.15) is 5.75 Å². The van der Waals surface area contributed by atoms with Gasteiger partial charge in [-0.1, -0.05) is 24.3 Å². The molecule has 0 atom stereocenters. The lowest BCUT2D eigenvalue weighted by Gasteiger charge is -2.37. The molecule has 1 fully saturated rings. The summed E-state index contributed by atoms with van der Waals surface area (Å²) in [5.41, 5.74) is 1.98. The lowest BCUT2D eigenvalue weighted by molar-refractivity contribution is 0.194. The van der Waals surface area contributed by atoms with Crippen molar-refractivity contribution >= 4 is 17.4 Å². The number of ether oxygens (including phenoxy) is 1. The molecule has 1 heterocycles. The number of likely N-dealkylation sites (tertiary alicyclic amines) is 1. The third kappa shape index (κ3) is 4.24. The summed E-state index contributed by atoms with van der Waals surface area (Å²) in [6.07, 6.45) is 1.94. The number of piperidine rings is 1. The highest BCUT2D eigenvalue weighted by molar-refractivity contribution is 5.89. The molecule has 0 spiro atoms. The molecule has 0 unspecified atom stereocenters. The maximum Gasteiger partial charge on any atom is 0.321 e. The van der Waals surface area contributed by atoms with Crippen LogP contribution in [0.4, 0.5) is 16.2 Å². The van der Waals surface area contributed by atoms with E-state index in [4.69, 9.17) is 4.74 Å². The number of hydrogen-bond donors (Lipinski definition) is 1. The summed E-state index contributed by atoms with van der Waals surface area (Å²) in [4.78, 5) is 16.7. The molecule has 1 saturated heterocycles. The van der Waals surface area contributed by atoms with Gasteiger partial charge in [-0.2, -0.15) is 0 Å². The monoisotopic (exact) mass is 339 g/mol. The van der Waals surface area contributed by atoms with E-state index in [0.717, 1.165) is 37.4 Å². The molecular weight excluding hydrogens is 314 g/mol. The van der Waals surface area contributed by atoms with Crippen LogP contribution in [0.2, 0.25) is 0 Å². The molecule has 0 saturated carbocycles. The minimum absolute atomic E-state index is 0.0472. The summed E-state index contributed by atoms with van der Waals surface area (Å²) in [6, 6.07) is 18.2. The van der Waals surface area contributed by atoms with Crippen molar-refractivity contribution in [1.82, 2.24) is 4.90 Å². The van der Waals surface area contributed by atoms with Crippen molar-refractivity contribution < 1.29 is 9.53 Å². The third-order valence-electron chi connectivity index (χ3n) is 4.78. The molecule has 5 heteroatoms. The van der Waals surface area contributed by atoms with Gasteiger partial charge in [0.05, 0.1) is 7.11 Å². The second-order valence-corrected chi connectivity index (χ2v) is 6.33. The van der Waals surface area contributed by atoms with E-state index in [9.17, 15) is 4.79 Å². The van der Waals surface area contributed by atoms with E-state index in [1.54, 1.807) is 7.11 Å². The number of hydrogen-bond acceptors (Lipinski definition) is 3. The number of nitrogens with zero attached hydrogens (tertiary/aromatic N) is 2. The zero-order valence-corrected chi connectivity index (χ0v) is 14.8. The Kier molecular flexibility index (Phi) is 5.43. The maximum absolute atomic E-state index is 12.5. The molecular formula is C20H25N3O2. The number of rotatable bonds is 4. The van der Waals surface area contributed by atoms with Crippen molar-refractivity contribution in [3.05, 3.63) is 54.6 Å². The Morgan fingerprint density at radius 3 is 2.52 bits per heavy atom. The van der Waals surface area contributed by atoms with Crippen molar-refractivity contribution in [3.63, 3.8) is 0 Å². The van der Waals surface area contributed by atoms with Crippen LogP contribution in [0.5, 0.6) is 5.75 Å². The number of amides is 2. The van der Waals surface area contributed by atoms with Crippen LogP contribution in [0.15, 0.2) is 54.6 Å². The van der Waals surface area contributed by atoms with E-state index in [1.807, 2.05) is 35.2 Å². The number of carbonyl (C=O) groups excluding carboxylic acids is 1. The quantitative estimate of drug-likeness (QED) is 0.921. The first-order valence-electron chi connectivity index (χ1n) is 8.65. The van der Waals surface area contributed by atoms with E-state index in [2.05, 4.69) is 41.5 Å². The summed E-state index contributed by atoms with van der Waals surface area (Å²) in [5, 5.41) is 2.96. The molecule has 1 aliphatic heterocycles. The van der Waals surface area contributed by atoms with Gasteiger partial charge >= 0.3 is 6.03 Å². The number of anilines is 2. The first-order chi connectivity index (χ1) is 12.2. The van der Waals surface area contributed by atoms with Crippen LogP contribution in [0, 0.1) is 0 Å². The SMILES string of the molecule is COc1cccc(NC(=O)N2CCC(N(C)c3ccccc3)CC2)c1. The summed E-state index contributed by atoms with van der Waals surface area (Å²) < 4.78 is 5.19. The molecule has 132 valence electrons. The highest BCUT2D eigenvalue weighted by Crippen LogP contribution is 2.23. The van der Waals surface area contributed by atoms with Crippen LogP contribution in [0.1, 0.15) is 12.8 Å². The van der Waals surface area contributed by atoms with Gasteiger partial charge in [0.2, 0.25) is 0 Å². The van der Waals surface area contributed by atoms with E-state index in [-0.39, 0.29) is 6.03 Å². The molecule has 0 aromatic heterocycles. The molecule has 0 aliphatic carbocycles. The first kappa shape index (κ1) is 17.1. The number of benzene rings is 2. The second kappa shape index (κ2) is 7.92. The van der Waals surface area contributed by atoms with Gasteiger partial charge in [0.15, 0.2) is 0 Å². The Balaban J connectivity index is 1.54. The molecule has 1 aliphatic rings. The molecule has 0 bridgehead atoms. The van der Waals surface area contributed by atoms with Gasteiger partial charge in [-0.05, 0) is 37.1 Å². The van der Waals surface area contributed by atoms with Crippen LogP contribution < -0.4 is 15.0 Å². The minimum Gasteiger partial charge on any atom is -0.497 e. The molecule has 25 heavy (non-hydrogen) atoms. The van der Waals surface area contributed by atoms with Crippen LogP contribution in [0.3, 0.4) is 0 Å². The average molecular weight is 339 g/mol. The molecule has 2 aromatic carbocycles. The van der Waals surface area contributed by atoms with Crippen LogP contribution in [-0.2, 0) is 0 Å². The molecule has 5 nitrogen and oxygen atoms in total. The smallest absolute Gasteiger partial charge is 0.321 e. The molecule has 2 aromatic rings. The van der Waals surface area contributed by atoms with Crippen molar-refractivity contribution in [2.45, 2.75) is 18.9 Å². The number of nitrogens with one attached hydrogen (secondary N) is 1.